The summed E-state index contributed by atoms with van der Waals surface area (Å²) >= 11 is 6.36. The van der Waals surface area contributed by atoms with Gasteiger partial charge in [-0.15, -0.1) is 0 Å². The van der Waals surface area contributed by atoms with E-state index in [0.29, 0.717) is 11.1 Å². The molecule has 1 unspecified atom stereocenters. The van der Waals surface area contributed by atoms with Gasteiger partial charge in [0, 0.05) is 25.7 Å². The summed E-state index contributed by atoms with van der Waals surface area (Å²) in [6, 6.07) is 5.97. The monoisotopic (exact) mass is 308 g/mol. The molecule has 0 spiro atoms. The van der Waals surface area contributed by atoms with Crippen molar-refractivity contribution in [2.24, 2.45) is 0 Å². The van der Waals surface area contributed by atoms with Crippen molar-refractivity contribution in [2.75, 3.05) is 32.1 Å². The van der Waals surface area contributed by atoms with Gasteiger partial charge in [0.15, 0.2) is 0 Å². The molecule has 1 aliphatic heterocycles. The number of hydrogen-bond acceptors (Lipinski definition) is 3. The van der Waals surface area contributed by atoms with Crippen molar-refractivity contribution in [3.05, 3.63) is 34.9 Å². The standard InChI is InChI=1S/C16H21ClN2O2/c1-18-10-4-6-13(11-18)19(2)16-12(8-9-15(20)21)5-3-7-14(16)17/h3,5,7-9,13H,4,6,10-11H2,1-2H3,(H,20,21)/b9-8+. The van der Waals surface area contributed by atoms with Gasteiger partial charge in [-0.05, 0) is 44.1 Å². The SMILES string of the molecule is CN1CCCC(N(C)c2c(Cl)cccc2/C=C/C(=O)O)C1. The normalized spacial score (nSPS) is 19.9. The second kappa shape index (κ2) is 6.96. The lowest BCUT2D eigenvalue weighted by Gasteiger charge is -2.38. The number of carboxylic acids is 1. The quantitative estimate of drug-likeness (QED) is 0.869. The maximum atomic E-state index is 10.7. The van der Waals surface area contributed by atoms with Crippen molar-refractivity contribution in [1.29, 1.82) is 0 Å². The van der Waals surface area contributed by atoms with Gasteiger partial charge in [-0.3, -0.25) is 0 Å². The van der Waals surface area contributed by atoms with E-state index < -0.39 is 5.97 Å². The smallest absolute Gasteiger partial charge is 0.328 e. The average Bonchev–Trinajstić information content (AvgIpc) is 2.44. The minimum absolute atomic E-state index is 0.389. The number of rotatable bonds is 4. The largest absolute Gasteiger partial charge is 0.478 e. The number of likely N-dealkylation sites (N-methyl/N-ethyl adjacent to an activating group) is 2. The summed E-state index contributed by atoms with van der Waals surface area (Å²) in [5.41, 5.74) is 1.73. The molecule has 4 nitrogen and oxygen atoms in total. The Hall–Kier alpha value is -1.52. The molecule has 1 atom stereocenters. The fourth-order valence-electron chi connectivity index (χ4n) is 2.84. The molecular weight excluding hydrogens is 288 g/mol. The predicted molar refractivity (Wildman–Crippen MR) is 87.0 cm³/mol. The number of benzene rings is 1. The lowest BCUT2D eigenvalue weighted by molar-refractivity contribution is -0.131. The van der Waals surface area contributed by atoms with Gasteiger partial charge in [0.1, 0.15) is 0 Å². The summed E-state index contributed by atoms with van der Waals surface area (Å²) in [7, 11) is 4.15. The zero-order valence-electron chi connectivity index (χ0n) is 12.4. The van der Waals surface area contributed by atoms with Gasteiger partial charge in [0.2, 0.25) is 0 Å². The second-order valence-corrected chi connectivity index (χ2v) is 5.93. The van der Waals surface area contributed by atoms with Crippen molar-refractivity contribution in [2.45, 2.75) is 18.9 Å². The highest BCUT2D eigenvalue weighted by Crippen LogP contribution is 2.33. The molecule has 2 rings (SSSR count). The van der Waals surface area contributed by atoms with Gasteiger partial charge in [-0.1, -0.05) is 23.7 Å². The molecule has 1 saturated heterocycles. The van der Waals surface area contributed by atoms with Crippen molar-refractivity contribution < 1.29 is 9.90 Å². The second-order valence-electron chi connectivity index (χ2n) is 5.52. The van der Waals surface area contributed by atoms with E-state index in [0.717, 1.165) is 43.3 Å². The van der Waals surface area contributed by atoms with Crippen LogP contribution in [0.3, 0.4) is 0 Å². The Bertz CT molecular complexity index is 545. The fourth-order valence-corrected chi connectivity index (χ4v) is 3.15. The third-order valence-electron chi connectivity index (χ3n) is 3.92. The number of carbonyl (C=O) groups is 1. The van der Waals surface area contributed by atoms with Crippen LogP contribution < -0.4 is 4.90 Å². The Kier molecular flexibility index (Phi) is 5.26. The number of aliphatic carboxylic acids is 1. The minimum atomic E-state index is -0.957. The first-order valence-electron chi connectivity index (χ1n) is 7.10. The van der Waals surface area contributed by atoms with E-state index in [-0.39, 0.29) is 0 Å². The Morgan fingerprint density at radius 3 is 2.95 bits per heavy atom. The van der Waals surface area contributed by atoms with Crippen molar-refractivity contribution in [1.82, 2.24) is 4.90 Å². The topological polar surface area (TPSA) is 43.8 Å². The molecule has 0 radical (unpaired) electrons. The Labute approximate surface area is 130 Å². The fraction of sp³-hybridized carbons (Fsp3) is 0.438. The third kappa shape index (κ3) is 3.99. The molecule has 0 saturated carbocycles. The minimum Gasteiger partial charge on any atom is -0.478 e. The molecule has 5 heteroatoms. The van der Waals surface area contributed by atoms with Crippen molar-refractivity contribution in [3.8, 4) is 0 Å². The Morgan fingerprint density at radius 2 is 2.29 bits per heavy atom. The molecule has 0 aliphatic carbocycles. The summed E-state index contributed by atoms with van der Waals surface area (Å²) in [5.74, 6) is -0.957. The number of anilines is 1. The molecule has 114 valence electrons. The van der Waals surface area contributed by atoms with Crippen LogP contribution in [0.2, 0.25) is 5.02 Å². The maximum absolute atomic E-state index is 10.7. The molecular formula is C16H21ClN2O2. The summed E-state index contributed by atoms with van der Waals surface area (Å²) in [4.78, 5) is 15.2. The van der Waals surface area contributed by atoms with Crippen LogP contribution in [0.15, 0.2) is 24.3 Å². The first-order chi connectivity index (χ1) is 9.99. The zero-order valence-corrected chi connectivity index (χ0v) is 13.2. The van der Waals surface area contributed by atoms with E-state index >= 15 is 0 Å². The van der Waals surface area contributed by atoms with E-state index in [2.05, 4.69) is 16.8 Å². The van der Waals surface area contributed by atoms with Crippen molar-refractivity contribution >= 4 is 29.3 Å². The van der Waals surface area contributed by atoms with Crippen LogP contribution in [-0.2, 0) is 4.79 Å². The van der Waals surface area contributed by atoms with Gasteiger partial charge in [0.05, 0.1) is 10.7 Å². The molecule has 1 aromatic carbocycles. The molecule has 1 heterocycles. The predicted octanol–water partition coefficient (Wildman–Crippen LogP) is 2.97. The van der Waals surface area contributed by atoms with E-state index in [9.17, 15) is 4.79 Å². The van der Waals surface area contributed by atoms with Crippen LogP contribution in [0.4, 0.5) is 5.69 Å². The highest BCUT2D eigenvalue weighted by molar-refractivity contribution is 6.33. The summed E-state index contributed by atoms with van der Waals surface area (Å²) in [5, 5.41) is 9.47. The van der Waals surface area contributed by atoms with Crippen LogP contribution in [0.1, 0.15) is 18.4 Å². The first-order valence-corrected chi connectivity index (χ1v) is 7.47. The van der Waals surface area contributed by atoms with Crippen molar-refractivity contribution in [3.63, 3.8) is 0 Å². The Morgan fingerprint density at radius 1 is 1.52 bits per heavy atom. The van der Waals surface area contributed by atoms with Gasteiger partial charge in [-0.2, -0.15) is 0 Å². The number of nitrogens with zero attached hydrogens (tertiary/aromatic N) is 2. The lowest BCUT2D eigenvalue weighted by atomic mass is 10.0. The summed E-state index contributed by atoms with van der Waals surface area (Å²) in [6.45, 7) is 2.11. The van der Waals surface area contributed by atoms with E-state index in [4.69, 9.17) is 16.7 Å². The van der Waals surface area contributed by atoms with E-state index in [1.54, 1.807) is 6.08 Å². The number of para-hydroxylation sites is 1. The molecule has 1 N–H and O–H groups in total. The third-order valence-corrected chi connectivity index (χ3v) is 4.23. The van der Waals surface area contributed by atoms with Crippen LogP contribution in [0.5, 0.6) is 0 Å². The molecule has 21 heavy (non-hydrogen) atoms. The molecule has 0 amide bonds. The van der Waals surface area contributed by atoms with Crippen LogP contribution >= 0.6 is 11.6 Å². The number of hydrogen-bond donors (Lipinski definition) is 1. The molecule has 1 aromatic rings. The molecule has 0 aromatic heterocycles. The van der Waals surface area contributed by atoms with Gasteiger partial charge < -0.3 is 14.9 Å². The molecule has 1 fully saturated rings. The van der Waals surface area contributed by atoms with E-state index in [1.165, 1.54) is 0 Å². The number of carboxylic acid groups (broad SMARTS) is 1. The lowest BCUT2D eigenvalue weighted by Crippen LogP contribution is -2.45. The number of halogens is 1. The average molecular weight is 309 g/mol. The highest BCUT2D eigenvalue weighted by atomic mass is 35.5. The maximum Gasteiger partial charge on any atom is 0.328 e. The number of piperidine rings is 1. The summed E-state index contributed by atoms with van der Waals surface area (Å²) < 4.78 is 0. The molecule has 0 bridgehead atoms. The van der Waals surface area contributed by atoms with E-state index in [1.807, 2.05) is 25.2 Å². The van der Waals surface area contributed by atoms with Gasteiger partial charge in [-0.25, -0.2) is 4.79 Å². The van der Waals surface area contributed by atoms with Crippen LogP contribution in [0, 0.1) is 0 Å². The number of likely N-dealkylation sites (tertiary alicyclic amines) is 1. The summed E-state index contributed by atoms with van der Waals surface area (Å²) in [6.07, 6.45) is 5.03. The highest BCUT2D eigenvalue weighted by Gasteiger charge is 2.23. The van der Waals surface area contributed by atoms with Gasteiger partial charge in [0.25, 0.3) is 0 Å². The first kappa shape index (κ1) is 15.9. The zero-order chi connectivity index (χ0) is 15.4. The van der Waals surface area contributed by atoms with Crippen LogP contribution in [-0.4, -0.2) is 49.2 Å². The van der Waals surface area contributed by atoms with Crippen LogP contribution in [0.25, 0.3) is 6.08 Å². The van der Waals surface area contributed by atoms with Gasteiger partial charge >= 0.3 is 5.97 Å². The Balaban J connectivity index is 2.30. The molecule has 1 aliphatic rings.